The SMILES string of the molecule is COCOC1=Nc2cc(OCCCCN3CCN(c4cccc5sccc45)CC3)ccc2CC1. The smallest absolute Gasteiger partial charge is 0.191 e. The van der Waals surface area contributed by atoms with Crippen molar-refractivity contribution in [2.75, 3.05) is 58.1 Å². The molecule has 34 heavy (non-hydrogen) atoms. The minimum atomic E-state index is 0.240. The van der Waals surface area contributed by atoms with Gasteiger partial charge in [0.1, 0.15) is 5.75 Å². The zero-order valence-corrected chi connectivity index (χ0v) is 20.7. The molecule has 3 aromatic rings. The number of piperazine rings is 1. The third-order valence-electron chi connectivity index (χ3n) is 6.58. The van der Waals surface area contributed by atoms with Gasteiger partial charge in [-0.2, -0.15) is 0 Å². The molecule has 0 amide bonds. The molecule has 0 N–H and O–H groups in total. The summed E-state index contributed by atoms with van der Waals surface area (Å²) in [4.78, 5) is 9.74. The van der Waals surface area contributed by atoms with Crippen molar-refractivity contribution in [2.45, 2.75) is 25.7 Å². The van der Waals surface area contributed by atoms with Crippen molar-refractivity contribution in [3.63, 3.8) is 0 Å². The van der Waals surface area contributed by atoms with Crippen LogP contribution < -0.4 is 9.64 Å². The lowest BCUT2D eigenvalue weighted by atomic mass is 10.0. The minimum Gasteiger partial charge on any atom is -0.494 e. The van der Waals surface area contributed by atoms with Gasteiger partial charge in [0, 0.05) is 61.5 Å². The summed E-state index contributed by atoms with van der Waals surface area (Å²) in [5.74, 6) is 1.62. The van der Waals surface area contributed by atoms with E-state index in [0.29, 0.717) is 0 Å². The summed E-state index contributed by atoms with van der Waals surface area (Å²) in [6.45, 7) is 6.54. The van der Waals surface area contributed by atoms with E-state index in [1.807, 2.05) is 17.4 Å². The largest absolute Gasteiger partial charge is 0.494 e. The number of nitrogens with zero attached hydrogens (tertiary/aromatic N) is 3. The summed E-state index contributed by atoms with van der Waals surface area (Å²) < 4.78 is 17.9. The van der Waals surface area contributed by atoms with Crippen LogP contribution in [0.2, 0.25) is 0 Å². The number of anilines is 1. The average molecular weight is 480 g/mol. The topological polar surface area (TPSA) is 46.5 Å². The summed E-state index contributed by atoms with van der Waals surface area (Å²) in [6.07, 6.45) is 3.96. The Kier molecular flexibility index (Phi) is 7.63. The molecule has 0 saturated carbocycles. The van der Waals surface area contributed by atoms with Gasteiger partial charge in [0.2, 0.25) is 0 Å². The number of ether oxygens (including phenoxy) is 3. The van der Waals surface area contributed by atoms with E-state index in [1.165, 1.54) is 21.3 Å². The van der Waals surface area contributed by atoms with Crippen LogP contribution in [0, 0.1) is 0 Å². The second-order valence-electron chi connectivity index (χ2n) is 8.84. The van der Waals surface area contributed by atoms with Crippen LogP contribution in [-0.4, -0.2) is 64.0 Å². The lowest BCUT2D eigenvalue weighted by molar-refractivity contribution is 0.0401. The summed E-state index contributed by atoms with van der Waals surface area (Å²) in [5, 5.41) is 3.59. The molecule has 2 aliphatic rings. The fraction of sp³-hybridized carbons (Fsp3) is 0.444. The maximum absolute atomic E-state index is 6.03. The van der Waals surface area contributed by atoms with Crippen LogP contribution in [-0.2, 0) is 15.9 Å². The van der Waals surface area contributed by atoms with Crippen molar-refractivity contribution in [1.82, 2.24) is 4.90 Å². The predicted molar refractivity (Wildman–Crippen MR) is 140 cm³/mol. The third-order valence-corrected chi connectivity index (χ3v) is 7.46. The van der Waals surface area contributed by atoms with Crippen molar-refractivity contribution in [3.05, 3.63) is 53.4 Å². The molecule has 3 heterocycles. The normalized spacial score (nSPS) is 16.4. The van der Waals surface area contributed by atoms with Gasteiger partial charge >= 0.3 is 0 Å². The van der Waals surface area contributed by atoms with Crippen molar-refractivity contribution in [1.29, 1.82) is 0 Å². The Hall–Kier alpha value is -2.61. The van der Waals surface area contributed by atoms with Crippen LogP contribution in [0.25, 0.3) is 10.1 Å². The summed E-state index contributed by atoms with van der Waals surface area (Å²) in [7, 11) is 1.62. The van der Waals surface area contributed by atoms with Gasteiger partial charge in [-0.05, 0) is 61.0 Å². The van der Waals surface area contributed by atoms with E-state index in [1.54, 1.807) is 7.11 Å². The lowest BCUT2D eigenvalue weighted by Crippen LogP contribution is -2.46. The van der Waals surface area contributed by atoms with Gasteiger partial charge in [-0.25, -0.2) is 4.99 Å². The highest BCUT2D eigenvalue weighted by atomic mass is 32.1. The Morgan fingerprint density at radius 1 is 0.971 bits per heavy atom. The number of hydrogen-bond donors (Lipinski definition) is 0. The molecule has 7 heteroatoms. The highest BCUT2D eigenvalue weighted by Crippen LogP contribution is 2.32. The second-order valence-corrected chi connectivity index (χ2v) is 9.79. The molecule has 0 atom stereocenters. The molecule has 6 nitrogen and oxygen atoms in total. The molecule has 2 aromatic carbocycles. The lowest BCUT2D eigenvalue weighted by Gasteiger charge is -2.36. The standard InChI is InChI=1S/C27H33N3O3S/c1-31-20-33-27-10-8-21-7-9-22(19-24(21)28-27)32-17-3-2-12-29-13-15-30(16-14-29)25-5-4-6-26-23(25)11-18-34-26/h4-7,9,11,18-19H,2-3,8,10,12-17,20H2,1H3. The monoisotopic (exact) mass is 479 g/mol. The van der Waals surface area contributed by atoms with Crippen LogP contribution in [0.3, 0.4) is 0 Å². The fourth-order valence-electron chi connectivity index (χ4n) is 4.71. The van der Waals surface area contributed by atoms with Gasteiger partial charge < -0.3 is 19.1 Å². The second kappa shape index (κ2) is 11.2. The number of unbranched alkanes of at least 4 members (excludes halogenated alkanes) is 1. The molecule has 5 rings (SSSR count). The van der Waals surface area contributed by atoms with E-state index in [-0.39, 0.29) is 6.79 Å². The first-order valence-electron chi connectivity index (χ1n) is 12.2. The van der Waals surface area contributed by atoms with E-state index < -0.39 is 0 Å². The number of aliphatic imine (C=N–C) groups is 1. The number of methoxy groups -OCH3 is 1. The van der Waals surface area contributed by atoms with E-state index in [9.17, 15) is 0 Å². The predicted octanol–water partition coefficient (Wildman–Crippen LogP) is 5.48. The van der Waals surface area contributed by atoms with Gasteiger partial charge in [0.05, 0.1) is 12.3 Å². The molecular weight excluding hydrogens is 446 g/mol. The molecule has 1 aromatic heterocycles. The van der Waals surface area contributed by atoms with Gasteiger partial charge in [-0.1, -0.05) is 12.1 Å². The zero-order chi connectivity index (χ0) is 23.2. The van der Waals surface area contributed by atoms with E-state index in [0.717, 1.165) is 82.3 Å². The van der Waals surface area contributed by atoms with E-state index >= 15 is 0 Å². The maximum Gasteiger partial charge on any atom is 0.191 e. The Bertz CT molecular complexity index is 1120. The minimum absolute atomic E-state index is 0.240. The van der Waals surface area contributed by atoms with Crippen LogP contribution >= 0.6 is 11.3 Å². The van der Waals surface area contributed by atoms with Crippen LogP contribution in [0.1, 0.15) is 24.8 Å². The molecule has 2 aliphatic heterocycles. The molecule has 0 unspecified atom stereocenters. The van der Waals surface area contributed by atoms with Gasteiger partial charge in [-0.15, -0.1) is 11.3 Å². The van der Waals surface area contributed by atoms with Gasteiger partial charge in [0.25, 0.3) is 0 Å². The molecule has 1 fully saturated rings. The molecule has 0 aliphatic carbocycles. The van der Waals surface area contributed by atoms with Crippen molar-refractivity contribution in [3.8, 4) is 5.75 Å². The van der Waals surface area contributed by atoms with Gasteiger partial charge in [-0.3, -0.25) is 4.90 Å². The molecular formula is C27H33N3O3S. The zero-order valence-electron chi connectivity index (χ0n) is 19.9. The van der Waals surface area contributed by atoms with Gasteiger partial charge in [0.15, 0.2) is 12.7 Å². The first kappa shape index (κ1) is 23.1. The number of rotatable bonds is 9. The van der Waals surface area contributed by atoms with Crippen molar-refractivity contribution < 1.29 is 14.2 Å². The molecule has 0 spiro atoms. The fourth-order valence-corrected chi connectivity index (χ4v) is 5.51. The number of thiophene rings is 1. The van der Waals surface area contributed by atoms with Crippen LogP contribution in [0.4, 0.5) is 11.4 Å². The van der Waals surface area contributed by atoms with Crippen molar-refractivity contribution in [2.24, 2.45) is 4.99 Å². The first-order valence-corrected chi connectivity index (χ1v) is 13.1. The maximum atomic E-state index is 6.03. The molecule has 1 saturated heterocycles. The summed E-state index contributed by atoms with van der Waals surface area (Å²) in [6, 6.07) is 15.1. The van der Waals surface area contributed by atoms with Crippen LogP contribution in [0.15, 0.2) is 52.8 Å². The number of aryl methyl sites for hydroxylation is 1. The highest BCUT2D eigenvalue weighted by molar-refractivity contribution is 7.17. The molecule has 0 radical (unpaired) electrons. The average Bonchev–Trinajstić information content (AvgIpc) is 3.37. The summed E-state index contributed by atoms with van der Waals surface area (Å²) >= 11 is 1.82. The third kappa shape index (κ3) is 5.54. The number of hydrogen-bond acceptors (Lipinski definition) is 7. The van der Waals surface area contributed by atoms with E-state index in [4.69, 9.17) is 14.2 Å². The first-order chi connectivity index (χ1) is 16.8. The van der Waals surface area contributed by atoms with Crippen molar-refractivity contribution >= 4 is 38.7 Å². The van der Waals surface area contributed by atoms with Crippen LogP contribution in [0.5, 0.6) is 5.75 Å². The molecule has 180 valence electrons. The Labute approximate surface area is 205 Å². The Balaban J connectivity index is 1.03. The Morgan fingerprint density at radius 2 is 1.88 bits per heavy atom. The Morgan fingerprint density at radius 3 is 2.76 bits per heavy atom. The molecule has 0 bridgehead atoms. The summed E-state index contributed by atoms with van der Waals surface area (Å²) in [5.41, 5.74) is 3.58. The highest BCUT2D eigenvalue weighted by Gasteiger charge is 2.18. The number of benzene rings is 2. The number of fused-ring (bicyclic) bond motifs is 2. The quantitative estimate of drug-likeness (QED) is 0.300. The van der Waals surface area contributed by atoms with E-state index in [2.05, 4.69) is 56.6 Å².